The van der Waals surface area contributed by atoms with Gasteiger partial charge in [-0.25, -0.2) is 0 Å². The summed E-state index contributed by atoms with van der Waals surface area (Å²) in [4.78, 5) is 14.6. The molecule has 0 unspecified atom stereocenters. The predicted molar refractivity (Wildman–Crippen MR) is 101 cm³/mol. The predicted octanol–water partition coefficient (Wildman–Crippen LogP) is 3.70. The Morgan fingerprint density at radius 2 is 1.75 bits per heavy atom. The van der Waals surface area contributed by atoms with Crippen molar-refractivity contribution in [3.8, 4) is 11.6 Å². The van der Waals surface area contributed by atoms with Crippen LogP contribution < -0.4 is 4.74 Å². The minimum atomic E-state index is -2.86. The SMILES string of the molecule is Cc1ccc(C)n1-c1c(C(=O)N(C)Cc2ccc(OC(F)F)cc2)cnn1C. The summed E-state index contributed by atoms with van der Waals surface area (Å²) in [6.45, 7) is 1.41. The van der Waals surface area contributed by atoms with Crippen molar-refractivity contribution in [1.29, 1.82) is 0 Å². The quantitative estimate of drug-likeness (QED) is 0.647. The van der Waals surface area contributed by atoms with E-state index in [0.717, 1.165) is 17.0 Å². The lowest BCUT2D eigenvalue weighted by Gasteiger charge is -2.19. The van der Waals surface area contributed by atoms with Crippen molar-refractivity contribution in [3.63, 3.8) is 0 Å². The maximum Gasteiger partial charge on any atom is 0.387 e. The molecule has 148 valence electrons. The number of carbonyl (C=O) groups is 1. The number of hydrogen-bond donors (Lipinski definition) is 0. The number of hydrogen-bond acceptors (Lipinski definition) is 3. The molecule has 0 saturated carbocycles. The fourth-order valence-corrected chi connectivity index (χ4v) is 3.18. The largest absolute Gasteiger partial charge is 0.435 e. The van der Waals surface area contributed by atoms with Crippen LogP contribution in [0.5, 0.6) is 5.75 Å². The molecule has 1 amide bonds. The summed E-state index contributed by atoms with van der Waals surface area (Å²) in [5.74, 6) is 0.613. The Morgan fingerprint density at radius 1 is 1.14 bits per heavy atom. The summed E-state index contributed by atoms with van der Waals surface area (Å²) in [7, 11) is 3.49. The van der Waals surface area contributed by atoms with E-state index < -0.39 is 6.61 Å². The van der Waals surface area contributed by atoms with Crippen molar-refractivity contribution in [2.24, 2.45) is 7.05 Å². The molecule has 0 bridgehead atoms. The van der Waals surface area contributed by atoms with Gasteiger partial charge in [0.2, 0.25) is 0 Å². The first kappa shape index (κ1) is 19.6. The number of aryl methyl sites for hydroxylation is 3. The number of benzene rings is 1. The van der Waals surface area contributed by atoms with E-state index >= 15 is 0 Å². The van der Waals surface area contributed by atoms with Crippen LogP contribution >= 0.6 is 0 Å². The van der Waals surface area contributed by atoms with Gasteiger partial charge in [-0.2, -0.15) is 13.9 Å². The van der Waals surface area contributed by atoms with Gasteiger partial charge in [-0.05, 0) is 43.7 Å². The number of rotatable bonds is 6. The van der Waals surface area contributed by atoms with Gasteiger partial charge in [-0.15, -0.1) is 0 Å². The number of alkyl halides is 2. The molecule has 1 aromatic carbocycles. The number of nitrogens with zero attached hydrogens (tertiary/aromatic N) is 4. The van der Waals surface area contributed by atoms with Gasteiger partial charge in [0.15, 0.2) is 0 Å². The van der Waals surface area contributed by atoms with Crippen molar-refractivity contribution in [1.82, 2.24) is 19.2 Å². The van der Waals surface area contributed by atoms with Crippen LogP contribution in [0.15, 0.2) is 42.6 Å². The summed E-state index contributed by atoms with van der Waals surface area (Å²) >= 11 is 0. The molecular formula is C20H22F2N4O2. The standard InChI is InChI=1S/C20H22F2N4O2/c1-13-5-6-14(2)26(13)18-17(11-23-25(18)4)19(27)24(3)12-15-7-9-16(10-8-15)28-20(21)22/h5-11,20H,12H2,1-4H3. The first-order valence-electron chi connectivity index (χ1n) is 8.74. The lowest BCUT2D eigenvalue weighted by atomic mass is 10.2. The Bertz CT molecular complexity index is 957. The van der Waals surface area contributed by atoms with Crippen molar-refractivity contribution < 1.29 is 18.3 Å². The second-order valence-electron chi connectivity index (χ2n) is 6.64. The third-order valence-electron chi connectivity index (χ3n) is 4.54. The molecule has 3 rings (SSSR count). The van der Waals surface area contributed by atoms with Gasteiger partial charge in [0, 0.05) is 32.0 Å². The Morgan fingerprint density at radius 3 is 2.32 bits per heavy atom. The van der Waals surface area contributed by atoms with E-state index in [0.29, 0.717) is 17.9 Å². The monoisotopic (exact) mass is 388 g/mol. The average molecular weight is 388 g/mol. The van der Waals surface area contributed by atoms with E-state index in [1.165, 1.54) is 12.1 Å². The molecular weight excluding hydrogens is 366 g/mol. The molecule has 0 saturated heterocycles. The molecule has 0 radical (unpaired) electrons. The molecule has 3 aromatic rings. The molecule has 0 fully saturated rings. The van der Waals surface area contributed by atoms with Crippen LogP contribution in [-0.4, -0.2) is 38.8 Å². The van der Waals surface area contributed by atoms with Crippen molar-refractivity contribution >= 4 is 5.91 Å². The minimum Gasteiger partial charge on any atom is -0.435 e. The first-order chi connectivity index (χ1) is 13.3. The van der Waals surface area contributed by atoms with Gasteiger partial charge in [-0.3, -0.25) is 9.48 Å². The fourth-order valence-electron chi connectivity index (χ4n) is 3.18. The van der Waals surface area contributed by atoms with E-state index in [2.05, 4.69) is 9.84 Å². The number of halogens is 2. The van der Waals surface area contributed by atoms with Crippen molar-refractivity contribution in [2.45, 2.75) is 27.0 Å². The van der Waals surface area contributed by atoms with Crippen LogP contribution in [0.2, 0.25) is 0 Å². The maximum absolute atomic E-state index is 13.0. The topological polar surface area (TPSA) is 52.3 Å². The van der Waals surface area contributed by atoms with Crippen molar-refractivity contribution in [2.75, 3.05) is 7.05 Å². The summed E-state index contributed by atoms with van der Waals surface area (Å²) < 4.78 is 32.5. The Balaban J connectivity index is 1.81. The summed E-state index contributed by atoms with van der Waals surface area (Å²) in [5.41, 5.74) is 3.31. The highest BCUT2D eigenvalue weighted by Crippen LogP contribution is 2.22. The molecule has 0 aliphatic rings. The van der Waals surface area contributed by atoms with E-state index in [1.807, 2.05) is 30.5 Å². The lowest BCUT2D eigenvalue weighted by molar-refractivity contribution is -0.0498. The number of ether oxygens (including phenoxy) is 1. The summed E-state index contributed by atoms with van der Waals surface area (Å²) in [6, 6.07) is 10.2. The van der Waals surface area contributed by atoms with Gasteiger partial charge in [0.05, 0.1) is 6.20 Å². The molecule has 28 heavy (non-hydrogen) atoms. The Labute approximate surface area is 161 Å². The second kappa shape index (κ2) is 7.84. The van der Waals surface area contributed by atoms with Crippen LogP contribution in [0.4, 0.5) is 8.78 Å². The van der Waals surface area contributed by atoms with Gasteiger partial charge in [0.25, 0.3) is 5.91 Å². The van der Waals surface area contributed by atoms with Crippen LogP contribution in [0.3, 0.4) is 0 Å². The van der Waals surface area contributed by atoms with E-state index in [4.69, 9.17) is 0 Å². The third-order valence-corrected chi connectivity index (χ3v) is 4.54. The molecule has 2 aromatic heterocycles. The van der Waals surface area contributed by atoms with Crippen LogP contribution in [-0.2, 0) is 13.6 Å². The average Bonchev–Trinajstić information content (AvgIpc) is 3.17. The number of aromatic nitrogens is 3. The molecule has 0 atom stereocenters. The maximum atomic E-state index is 13.0. The van der Waals surface area contributed by atoms with Gasteiger partial charge < -0.3 is 14.2 Å². The van der Waals surface area contributed by atoms with Crippen LogP contribution in [0, 0.1) is 13.8 Å². The zero-order valence-corrected chi connectivity index (χ0v) is 16.2. The zero-order valence-electron chi connectivity index (χ0n) is 16.2. The molecule has 0 spiro atoms. The minimum absolute atomic E-state index is 0.0841. The van der Waals surface area contributed by atoms with Crippen molar-refractivity contribution in [3.05, 3.63) is 65.1 Å². The first-order valence-corrected chi connectivity index (χ1v) is 8.74. The molecule has 0 aliphatic carbocycles. The highest BCUT2D eigenvalue weighted by Gasteiger charge is 2.22. The van der Waals surface area contributed by atoms with Crippen LogP contribution in [0.1, 0.15) is 27.3 Å². The lowest BCUT2D eigenvalue weighted by Crippen LogP contribution is -2.27. The highest BCUT2D eigenvalue weighted by molar-refractivity contribution is 5.97. The summed E-state index contributed by atoms with van der Waals surface area (Å²) in [6.07, 6.45) is 1.56. The van der Waals surface area contributed by atoms with E-state index in [9.17, 15) is 13.6 Å². The third kappa shape index (κ3) is 3.90. The van der Waals surface area contributed by atoms with Crippen LogP contribution in [0.25, 0.3) is 5.82 Å². The van der Waals surface area contributed by atoms with E-state index in [1.54, 1.807) is 42.0 Å². The molecule has 6 nitrogen and oxygen atoms in total. The van der Waals surface area contributed by atoms with E-state index in [-0.39, 0.29) is 11.7 Å². The zero-order chi connectivity index (χ0) is 20.4. The molecule has 2 heterocycles. The number of carbonyl (C=O) groups excluding carboxylic acids is 1. The van der Waals surface area contributed by atoms with Gasteiger partial charge in [-0.1, -0.05) is 12.1 Å². The number of amides is 1. The normalized spacial score (nSPS) is 11.1. The molecule has 8 heteroatoms. The second-order valence-corrected chi connectivity index (χ2v) is 6.64. The summed E-state index contributed by atoms with van der Waals surface area (Å²) in [5, 5.41) is 4.27. The fraction of sp³-hybridized carbons (Fsp3) is 0.300. The van der Waals surface area contributed by atoms with Gasteiger partial charge in [0.1, 0.15) is 17.1 Å². The highest BCUT2D eigenvalue weighted by atomic mass is 19.3. The Kier molecular flexibility index (Phi) is 5.48. The Hall–Kier alpha value is -3.16. The molecule has 0 aliphatic heterocycles. The molecule has 0 N–H and O–H groups in total. The smallest absolute Gasteiger partial charge is 0.387 e. The van der Waals surface area contributed by atoms with Gasteiger partial charge >= 0.3 is 6.61 Å².